The average molecular weight is 318 g/mol. The molecule has 0 spiro atoms. The fourth-order valence-corrected chi connectivity index (χ4v) is 3.60. The van der Waals surface area contributed by atoms with Gasteiger partial charge in [-0.1, -0.05) is 24.6 Å². The normalized spacial score (nSPS) is 15.2. The lowest BCUT2D eigenvalue weighted by molar-refractivity contribution is 0.400. The second kappa shape index (κ2) is 4.84. The summed E-state index contributed by atoms with van der Waals surface area (Å²) in [5.41, 5.74) is 9.81. The van der Waals surface area contributed by atoms with Crippen molar-refractivity contribution in [1.82, 2.24) is 14.4 Å². The first-order valence-corrected chi connectivity index (χ1v) is 8.35. The van der Waals surface area contributed by atoms with Crippen LogP contribution >= 0.6 is 0 Å². The Bertz CT molecular complexity index is 1070. The van der Waals surface area contributed by atoms with E-state index in [2.05, 4.69) is 22.4 Å². The van der Waals surface area contributed by atoms with E-state index < -0.39 is 0 Å². The maximum absolute atomic E-state index is 6.20. The number of nitrogens with two attached hydrogens (primary N) is 1. The summed E-state index contributed by atoms with van der Waals surface area (Å²) in [6.45, 7) is 2.07. The molecule has 5 rings (SSSR count). The summed E-state index contributed by atoms with van der Waals surface area (Å²) >= 11 is 0. The molecule has 4 aromatic rings. The van der Waals surface area contributed by atoms with E-state index >= 15 is 0 Å². The Hall–Kier alpha value is -2.82. The number of imidazole rings is 1. The van der Waals surface area contributed by atoms with E-state index in [0.717, 1.165) is 39.3 Å². The topological polar surface area (TPSA) is 69.3 Å². The van der Waals surface area contributed by atoms with Crippen LogP contribution < -0.4 is 5.73 Å². The summed E-state index contributed by atoms with van der Waals surface area (Å²) in [6, 6.07) is 8.06. The number of fused-ring (bicyclic) bond motifs is 2. The molecule has 24 heavy (non-hydrogen) atoms. The molecular formula is C19H18N4O. The highest BCUT2D eigenvalue weighted by Gasteiger charge is 2.28. The molecule has 1 saturated carbocycles. The van der Waals surface area contributed by atoms with Crippen molar-refractivity contribution >= 4 is 22.3 Å². The first-order valence-electron chi connectivity index (χ1n) is 8.35. The van der Waals surface area contributed by atoms with E-state index in [-0.39, 0.29) is 0 Å². The van der Waals surface area contributed by atoms with Crippen LogP contribution in [0.2, 0.25) is 0 Å². The van der Waals surface area contributed by atoms with Crippen molar-refractivity contribution in [3.63, 3.8) is 0 Å². The number of nitrogen functional groups attached to an aromatic ring is 1. The summed E-state index contributed by atoms with van der Waals surface area (Å²) in [5.74, 6) is 2.85. The van der Waals surface area contributed by atoms with E-state index in [1.165, 1.54) is 19.3 Å². The van der Waals surface area contributed by atoms with E-state index in [0.29, 0.717) is 11.7 Å². The Kier molecular flexibility index (Phi) is 2.74. The number of furan rings is 1. The number of hydrogen-bond donors (Lipinski definition) is 1. The lowest BCUT2D eigenvalue weighted by Crippen LogP contribution is -2.12. The number of nitrogens with zero attached hydrogens (tertiary/aromatic N) is 3. The van der Waals surface area contributed by atoms with E-state index in [4.69, 9.17) is 15.1 Å². The van der Waals surface area contributed by atoms with Gasteiger partial charge in [0.05, 0.1) is 0 Å². The maximum Gasteiger partial charge on any atom is 0.159 e. The van der Waals surface area contributed by atoms with Crippen molar-refractivity contribution < 1.29 is 4.42 Å². The summed E-state index contributed by atoms with van der Waals surface area (Å²) in [7, 11) is 0. The van der Waals surface area contributed by atoms with Crippen molar-refractivity contribution in [2.45, 2.75) is 32.1 Å². The van der Waals surface area contributed by atoms with Gasteiger partial charge in [-0.05, 0) is 25.8 Å². The predicted octanol–water partition coefficient (Wildman–Crippen LogP) is 4.30. The Morgan fingerprint density at radius 2 is 2.08 bits per heavy atom. The molecule has 120 valence electrons. The molecule has 0 bridgehead atoms. The van der Waals surface area contributed by atoms with Crippen LogP contribution in [0.1, 0.15) is 36.6 Å². The first-order chi connectivity index (χ1) is 11.7. The molecule has 2 N–H and O–H groups in total. The lowest BCUT2D eigenvalue weighted by Gasteiger charge is -2.23. The molecule has 1 aromatic carbocycles. The monoisotopic (exact) mass is 318 g/mol. The van der Waals surface area contributed by atoms with Gasteiger partial charge in [0.15, 0.2) is 5.76 Å². The molecule has 0 atom stereocenters. The zero-order valence-corrected chi connectivity index (χ0v) is 13.5. The SMILES string of the molecule is Cc1c(-c2nc(C3CCC3)n3ccnc(N)c23)oc2ccccc12. The highest BCUT2D eigenvalue weighted by atomic mass is 16.3. The minimum atomic E-state index is 0.491. The molecule has 0 amide bonds. The molecule has 0 aliphatic heterocycles. The van der Waals surface area contributed by atoms with Gasteiger partial charge >= 0.3 is 0 Å². The lowest BCUT2D eigenvalue weighted by atomic mass is 9.85. The van der Waals surface area contributed by atoms with E-state index in [1.807, 2.05) is 24.4 Å². The number of aryl methyl sites for hydroxylation is 1. The maximum atomic E-state index is 6.20. The van der Waals surface area contributed by atoms with Crippen LogP contribution in [0.15, 0.2) is 41.1 Å². The number of benzene rings is 1. The van der Waals surface area contributed by atoms with Crippen LogP contribution in [-0.4, -0.2) is 14.4 Å². The largest absolute Gasteiger partial charge is 0.454 e. The van der Waals surface area contributed by atoms with Gasteiger partial charge in [-0.15, -0.1) is 0 Å². The molecule has 3 heterocycles. The number of anilines is 1. The predicted molar refractivity (Wildman–Crippen MR) is 93.9 cm³/mol. The van der Waals surface area contributed by atoms with Gasteiger partial charge in [0.2, 0.25) is 0 Å². The fraction of sp³-hybridized carbons (Fsp3) is 0.263. The number of para-hydroxylation sites is 1. The molecule has 0 radical (unpaired) electrons. The van der Waals surface area contributed by atoms with Gasteiger partial charge < -0.3 is 10.2 Å². The van der Waals surface area contributed by atoms with Crippen molar-refractivity contribution in [3.8, 4) is 11.5 Å². The van der Waals surface area contributed by atoms with Gasteiger partial charge in [0, 0.05) is 29.3 Å². The molecule has 1 fully saturated rings. The van der Waals surface area contributed by atoms with E-state index in [1.54, 1.807) is 6.20 Å². The van der Waals surface area contributed by atoms with Crippen LogP contribution in [0.5, 0.6) is 0 Å². The van der Waals surface area contributed by atoms with Crippen LogP contribution in [0, 0.1) is 6.92 Å². The third-order valence-electron chi connectivity index (χ3n) is 5.14. The summed E-state index contributed by atoms with van der Waals surface area (Å²) in [4.78, 5) is 9.22. The number of hydrogen-bond acceptors (Lipinski definition) is 4. The Morgan fingerprint density at radius 1 is 1.25 bits per heavy atom. The van der Waals surface area contributed by atoms with E-state index in [9.17, 15) is 0 Å². The molecular weight excluding hydrogens is 300 g/mol. The van der Waals surface area contributed by atoms with Crippen LogP contribution in [-0.2, 0) is 0 Å². The third-order valence-corrected chi connectivity index (χ3v) is 5.14. The van der Waals surface area contributed by atoms with Crippen molar-refractivity contribution in [1.29, 1.82) is 0 Å². The Balaban J connectivity index is 1.83. The number of rotatable bonds is 2. The highest BCUT2D eigenvalue weighted by Crippen LogP contribution is 2.41. The highest BCUT2D eigenvalue weighted by molar-refractivity contribution is 5.92. The third kappa shape index (κ3) is 1.75. The summed E-state index contributed by atoms with van der Waals surface area (Å²) < 4.78 is 8.22. The van der Waals surface area contributed by atoms with Crippen LogP contribution in [0.4, 0.5) is 5.82 Å². The molecule has 0 unspecified atom stereocenters. The Morgan fingerprint density at radius 3 is 2.83 bits per heavy atom. The second-order valence-corrected chi connectivity index (χ2v) is 6.53. The van der Waals surface area contributed by atoms with Gasteiger partial charge in [-0.25, -0.2) is 9.97 Å². The molecule has 0 saturated heterocycles. The molecule has 3 aromatic heterocycles. The number of aromatic nitrogens is 3. The standard InChI is InChI=1S/C19H18N4O/c1-11-13-7-2-3-8-14(13)24-17(11)15-16-18(20)21-9-10-23(16)19(22-15)12-5-4-6-12/h2-3,7-10,12H,4-6H2,1H3,(H2,20,21). The van der Waals surface area contributed by atoms with Crippen LogP contribution in [0.25, 0.3) is 27.9 Å². The average Bonchev–Trinajstić information content (AvgIpc) is 3.06. The summed E-state index contributed by atoms with van der Waals surface area (Å²) in [5, 5.41) is 1.11. The summed E-state index contributed by atoms with van der Waals surface area (Å²) in [6.07, 6.45) is 7.31. The Labute approximate surface area is 139 Å². The minimum Gasteiger partial charge on any atom is -0.454 e. The molecule has 5 nitrogen and oxygen atoms in total. The van der Waals surface area contributed by atoms with Gasteiger partial charge in [0.1, 0.15) is 28.4 Å². The zero-order chi connectivity index (χ0) is 16.3. The molecule has 1 aliphatic rings. The minimum absolute atomic E-state index is 0.491. The van der Waals surface area contributed by atoms with Gasteiger partial charge in [-0.2, -0.15) is 0 Å². The molecule has 1 aliphatic carbocycles. The van der Waals surface area contributed by atoms with Crippen molar-refractivity contribution in [2.75, 3.05) is 5.73 Å². The quantitative estimate of drug-likeness (QED) is 0.598. The first kappa shape index (κ1) is 13.6. The molecule has 5 heteroatoms. The van der Waals surface area contributed by atoms with Crippen molar-refractivity contribution in [3.05, 3.63) is 48.0 Å². The van der Waals surface area contributed by atoms with Gasteiger partial charge in [-0.3, -0.25) is 4.40 Å². The van der Waals surface area contributed by atoms with Crippen LogP contribution in [0.3, 0.4) is 0 Å². The van der Waals surface area contributed by atoms with Gasteiger partial charge in [0.25, 0.3) is 0 Å². The second-order valence-electron chi connectivity index (χ2n) is 6.53. The smallest absolute Gasteiger partial charge is 0.159 e. The van der Waals surface area contributed by atoms with Crippen molar-refractivity contribution in [2.24, 2.45) is 0 Å². The zero-order valence-electron chi connectivity index (χ0n) is 13.5. The fourth-order valence-electron chi connectivity index (χ4n) is 3.60.